The summed E-state index contributed by atoms with van der Waals surface area (Å²) in [6.07, 6.45) is 5.10. The van der Waals surface area contributed by atoms with Crippen LogP contribution in [0.1, 0.15) is 38.2 Å². The van der Waals surface area contributed by atoms with Crippen molar-refractivity contribution < 1.29 is 4.39 Å². The molecule has 19 heavy (non-hydrogen) atoms. The Bertz CT molecular complexity index is 436. The summed E-state index contributed by atoms with van der Waals surface area (Å²) in [6.45, 7) is 4.99. The van der Waals surface area contributed by atoms with E-state index in [9.17, 15) is 4.39 Å². The average Bonchev–Trinajstić information content (AvgIpc) is 3.12. The third kappa shape index (κ3) is 2.92. The molecular weight excluding hydrogens is 239 g/mol. The molecule has 0 spiro atoms. The first kappa shape index (κ1) is 12.9. The first-order valence-corrected chi connectivity index (χ1v) is 7.51. The average molecular weight is 262 g/mol. The fourth-order valence-electron chi connectivity index (χ4n) is 3.00. The monoisotopic (exact) mass is 262 g/mol. The smallest absolute Gasteiger partial charge is 0.129 e. The highest BCUT2D eigenvalue weighted by Crippen LogP contribution is 2.33. The van der Waals surface area contributed by atoms with Gasteiger partial charge in [0.05, 0.1) is 0 Å². The number of hydrogen-bond acceptors (Lipinski definition) is 2. The number of nitrogens with one attached hydrogen (secondary N) is 1. The summed E-state index contributed by atoms with van der Waals surface area (Å²) in [6, 6.07) is 5.98. The standard InChI is InChI=1S/C16H23FN2/c1-12(13-7-8-13)18-11-14-15(17)5-4-6-16(14)19-9-2-3-10-19/h4-6,12-13,18H,2-3,7-11H2,1H3. The maximum atomic E-state index is 14.1. The van der Waals surface area contributed by atoms with Gasteiger partial charge < -0.3 is 10.2 Å². The van der Waals surface area contributed by atoms with Crippen LogP contribution in [0, 0.1) is 11.7 Å². The van der Waals surface area contributed by atoms with Crippen molar-refractivity contribution in [2.75, 3.05) is 18.0 Å². The molecule has 1 aliphatic heterocycles. The van der Waals surface area contributed by atoms with Crippen LogP contribution in [-0.4, -0.2) is 19.1 Å². The second-order valence-corrected chi connectivity index (χ2v) is 5.94. The molecule has 1 aromatic rings. The Morgan fingerprint density at radius 3 is 2.74 bits per heavy atom. The number of hydrogen-bond donors (Lipinski definition) is 1. The molecule has 0 amide bonds. The highest BCUT2D eigenvalue weighted by Gasteiger charge is 2.28. The van der Waals surface area contributed by atoms with Gasteiger partial charge in [0.1, 0.15) is 5.82 Å². The molecule has 0 radical (unpaired) electrons. The van der Waals surface area contributed by atoms with E-state index in [4.69, 9.17) is 0 Å². The van der Waals surface area contributed by atoms with Gasteiger partial charge in [0.2, 0.25) is 0 Å². The molecule has 1 saturated heterocycles. The molecular formula is C16H23FN2. The second kappa shape index (κ2) is 5.49. The number of anilines is 1. The maximum Gasteiger partial charge on any atom is 0.129 e. The van der Waals surface area contributed by atoms with Crippen molar-refractivity contribution in [3.05, 3.63) is 29.6 Å². The van der Waals surface area contributed by atoms with E-state index in [1.54, 1.807) is 6.07 Å². The van der Waals surface area contributed by atoms with Gasteiger partial charge in [-0.1, -0.05) is 6.07 Å². The predicted octanol–water partition coefficient (Wildman–Crippen LogP) is 3.31. The summed E-state index contributed by atoms with van der Waals surface area (Å²) in [5.41, 5.74) is 1.94. The normalized spacial score (nSPS) is 20.8. The van der Waals surface area contributed by atoms with Crippen LogP contribution in [0.5, 0.6) is 0 Å². The van der Waals surface area contributed by atoms with Gasteiger partial charge in [-0.15, -0.1) is 0 Å². The summed E-state index contributed by atoms with van der Waals surface area (Å²) >= 11 is 0. The molecule has 3 rings (SSSR count). The van der Waals surface area contributed by atoms with Crippen molar-refractivity contribution in [2.24, 2.45) is 5.92 Å². The topological polar surface area (TPSA) is 15.3 Å². The molecule has 0 bridgehead atoms. The van der Waals surface area contributed by atoms with Crippen LogP contribution in [0.25, 0.3) is 0 Å². The summed E-state index contributed by atoms with van der Waals surface area (Å²) < 4.78 is 14.1. The lowest BCUT2D eigenvalue weighted by molar-refractivity contribution is 0.485. The van der Waals surface area contributed by atoms with E-state index in [1.807, 2.05) is 6.07 Å². The van der Waals surface area contributed by atoms with E-state index in [1.165, 1.54) is 25.7 Å². The van der Waals surface area contributed by atoms with Crippen molar-refractivity contribution in [1.29, 1.82) is 0 Å². The molecule has 104 valence electrons. The third-order valence-corrected chi connectivity index (χ3v) is 4.47. The van der Waals surface area contributed by atoms with Crippen LogP contribution in [0.15, 0.2) is 18.2 Å². The van der Waals surface area contributed by atoms with Gasteiger partial charge >= 0.3 is 0 Å². The van der Waals surface area contributed by atoms with E-state index in [0.717, 1.165) is 30.3 Å². The van der Waals surface area contributed by atoms with Crippen molar-refractivity contribution in [3.63, 3.8) is 0 Å². The van der Waals surface area contributed by atoms with Gasteiger partial charge in [-0.2, -0.15) is 0 Å². The van der Waals surface area contributed by atoms with Crippen molar-refractivity contribution in [2.45, 2.75) is 45.2 Å². The third-order valence-electron chi connectivity index (χ3n) is 4.47. The zero-order valence-electron chi connectivity index (χ0n) is 11.7. The minimum atomic E-state index is -0.0695. The van der Waals surface area contributed by atoms with Crippen LogP contribution < -0.4 is 10.2 Å². The molecule has 3 heteroatoms. The fourth-order valence-corrected chi connectivity index (χ4v) is 3.00. The van der Waals surface area contributed by atoms with Crippen molar-refractivity contribution in [3.8, 4) is 0 Å². The Kier molecular flexibility index (Phi) is 3.74. The minimum absolute atomic E-state index is 0.0695. The highest BCUT2D eigenvalue weighted by atomic mass is 19.1. The molecule has 2 nitrogen and oxygen atoms in total. The van der Waals surface area contributed by atoms with Crippen molar-refractivity contribution >= 4 is 5.69 Å². The molecule has 2 aliphatic rings. The molecule has 2 fully saturated rings. The molecule has 1 unspecified atom stereocenters. The second-order valence-electron chi connectivity index (χ2n) is 5.94. The number of halogens is 1. The zero-order chi connectivity index (χ0) is 13.2. The molecule has 1 saturated carbocycles. The van der Waals surface area contributed by atoms with Gasteiger partial charge in [0.15, 0.2) is 0 Å². The Labute approximate surface area is 115 Å². The lowest BCUT2D eigenvalue weighted by atomic mass is 10.1. The number of nitrogens with zero attached hydrogens (tertiary/aromatic N) is 1. The van der Waals surface area contributed by atoms with Crippen LogP contribution >= 0.6 is 0 Å². The van der Waals surface area contributed by atoms with E-state index >= 15 is 0 Å². The molecule has 1 atom stereocenters. The molecule has 1 N–H and O–H groups in total. The summed E-state index contributed by atoms with van der Waals surface area (Å²) in [5, 5.41) is 3.50. The highest BCUT2D eigenvalue weighted by molar-refractivity contribution is 5.54. The maximum absolute atomic E-state index is 14.1. The van der Waals surface area contributed by atoms with E-state index < -0.39 is 0 Å². The van der Waals surface area contributed by atoms with E-state index in [-0.39, 0.29) is 5.82 Å². The lowest BCUT2D eigenvalue weighted by Crippen LogP contribution is -2.29. The Morgan fingerprint density at radius 1 is 1.32 bits per heavy atom. The van der Waals surface area contributed by atoms with Crippen LogP contribution in [0.2, 0.25) is 0 Å². The fraction of sp³-hybridized carbons (Fsp3) is 0.625. The van der Waals surface area contributed by atoms with Gasteiger partial charge in [0, 0.05) is 36.9 Å². The van der Waals surface area contributed by atoms with Crippen LogP contribution in [0.4, 0.5) is 10.1 Å². The van der Waals surface area contributed by atoms with Gasteiger partial charge in [-0.3, -0.25) is 0 Å². The Hall–Kier alpha value is -1.09. The quantitative estimate of drug-likeness (QED) is 0.875. The summed E-state index contributed by atoms with van der Waals surface area (Å²) in [7, 11) is 0. The van der Waals surface area contributed by atoms with E-state index in [2.05, 4.69) is 23.2 Å². The molecule has 1 aromatic carbocycles. The van der Waals surface area contributed by atoms with Gasteiger partial charge in [-0.25, -0.2) is 4.39 Å². The Balaban J connectivity index is 1.73. The molecule has 1 aliphatic carbocycles. The number of benzene rings is 1. The number of rotatable bonds is 5. The summed E-state index contributed by atoms with van der Waals surface area (Å²) in [5.74, 6) is 0.738. The lowest BCUT2D eigenvalue weighted by Gasteiger charge is -2.23. The van der Waals surface area contributed by atoms with Crippen LogP contribution in [0.3, 0.4) is 0 Å². The van der Waals surface area contributed by atoms with E-state index in [0.29, 0.717) is 12.6 Å². The minimum Gasteiger partial charge on any atom is -0.371 e. The van der Waals surface area contributed by atoms with Crippen LogP contribution in [-0.2, 0) is 6.54 Å². The Morgan fingerprint density at radius 2 is 2.05 bits per heavy atom. The SMILES string of the molecule is CC(NCc1c(F)cccc1N1CCCC1)C1CC1. The van der Waals surface area contributed by atoms with Gasteiger partial charge in [0.25, 0.3) is 0 Å². The predicted molar refractivity (Wildman–Crippen MR) is 76.9 cm³/mol. The van der Waals surface area contributed by atoms with Gasteiger partial charge in [-0.05, 0) is 50.7 Å². The van der Waals surface area contributed by atoms with Crippen molar-refractivity contribution in [1.82, 2.24) is 5.32 Å². The largest absolute Gasteiger partial charge is 0.371 e. The zero-order valence-corrected chi connectivity index (χ0v) is 11.7. The summed E-state index contributed by atoms with van der Waals surface area (Å²) in [4.78, 5) is 2.32. The molecule has 0 aromatic heterocycles. The molecule has 1 heterocycles. The first-order chi connectivity index (χ1) is 9.25. The first-order valence-electron chi connectivity index (χ1n) is 7.51.